The normalized spacial score (nSPS) is 61.2. The van der Waals surface area contributed by atoms with Gasteiger partial charge in [0.1, 0.15) is 5.78 Å². The molecule has 0 bridgehead atoms. The molecule has 13 atom stereocenters. The van der Waals surface area contributed by atoms with Crippen molar-refractivity contribution in [2.45, 2.75) is 103 Å². The topological polar surface area (TPSA) is 60.8 Å². The van der Waals surface area contributed by atoms with E-state index < -0.39 is 12.2 Å². The summed E-state index contributed by atoms with van der Waals surface area (Å²) in [6, 6.07) is 1.50. The van der Waals surface area contributed by atoms with Crippen LogP contribution in [0.5, 0.6) is 0 Å². The minimum Gasteiger partial charge on any atom is -0.390 e. The highest BCUT2D eigenvalue weighted by Crippen LogP contribution is 2.70. The molecule has 0 spiro atoms. The molecule has 2 aliphatic heterocycles. The molecule has 6 aliphatic rings. The number of Topliss-reactive ketones (excluding diaryl/α,β-unsaturated/α-hetero) is 1. The van der Waals surface area contributed by atoms with Crippen LogP contribution in [0.1, 0.15) is 79.1 Å². The van der Waals surface area contributed by atoms with E-state index in [1.165, 1.54) is 38.6 Å². The molecular formula is C27H43NO3. The highest BCUT2D eigenvalue weighted by atomic mass is 16.3. The molecule has 0 aromatic carbocycles. The van der Waals surface area contributed by atoms with Crippen molar-refractivity contribution in [3.8, 4) is 0 Å². The second-order valence-electron chi connectivity index (χ2n) is 13.4. The van der Waals surface area contributed by atoms with Crippen LogP contribution < -0.4 is 0 Å². The van der Waals surface area contributed by atoms with Gasteiger partial charge in [-0.25, -0.2) is 0 Å². The van der Waals surface area contributed by atoms with Gasteiger partial charge in [0.25, 0.3) is 0 Å². The summed E-state index contributed by atoms with van der Waals surface area (Å²) < 4.78 is 0. The lowest BCUT2D eigenvalue weighted by Crippen LogP contribution is -2.59. The first-order chi connectivity index (χ1) is 14.6. The van der Waals surface area contributed by atoms with Gasteiger partial charge in [0.15, 0.2) is 0 Å². The van der Waals surface area contributed by atoms with E-state index in [0.717, 1.165) is 36.3 Å². The Kier molecular flexibility index (Phi) is 4.62. The fourth-order valence-electron chi connectivity index (χ4n) is 10.8. The average molecular weight is 430 g/mol. The summed E-state index contributed by atoms with van der Waals surface area (Å²) in [5, 5.41) is 20.8. The molecule has 174 valence electrons. The molecule has 0 unspecified atom stereocenters. The zero-order valence-electron chi connectivity index (χ0n) is 20.0. The van der Waals surface area contributed by atoms with E-state index in [0.29, 0.717) is 41.8 Å². The summed E-state index contributed by atoms with van der Waals surface area (Å²) in [6.45, 7) is 11.1. The fraction of sp³-hybridized carbons (Fsp3) is 0.963. The average Bonchev–Trinajstić information content (AvgIpc) is 3.17. The highest BCUT2D eigenvalue weighted by Gasteiger charge is 2.68. The van der Waals surface area contributed by atoms with E-state index in [-0.39, 0.29) is 11.3 Å². The minimum atomic E-state index is -0.725. The molecular weight excluding hydrogens is 386 g/mol. The molecule has 6 rings (SSSR count). The highest BCUT2D eigenvalue weighted by molar-refractivity contribution is 5.83. The van der Waals surface area contributed by atoms with Crippen molar-refractivity contribution in [3.05, 3.63) is 0 Å². The number of aliphatic hydroxyl groups excluding tert-OH is 2. The predicted octanol–water partition coefficient (Wildman–Crippen LogP) is 3.88. The van der Waals surface area contributed by atoms with Gasteiger partial charge < -0.3 is 10.2 Å². The molecule has 31 heavy (non-hydrogen) atoms. The van der Waals surface area contributed by atoms with Crippen molar-refractivity contribution in [1.29, 1.82) is 0 Å². The van der Waals surface area contributed by atoms with Gasteiger partial charge in [-0.05, 0) is 91.3 Å². The molecule has 2 N–H and O–H groups in total. The van der Waals surface area contributed by atoms with Gasteiger partial charge in [-0.2, -0.15) is 0 Å². The van der Waals surface area contributed by atoms with Gasteiger partial charge in [0, 0.05) is 31.0 Å². The Hall–Kier alpha value is -0.450. The lowest BCUT2D eigenvalue weighted by Gasteiger charge is -2.61. The van der Waals surface area contributed by atoms with E-state index in [1.54, 1.807) is 0 Å². The molecule has 2 heterocycles. The molecule has 0 aromatic rings. The van der Waals surface area contributed by atoms with E-state index in [1.807, 2.05) is 0 Å². The first kappa shape index (κ1) is 21.1. The third-order valence-electron chi connectivity index (χ3n) is 12.1. The SMILES string of the molecule is C[C@H]1CC[C@@H]2[C@@H](C)[C@H]3[C@H](C[C@H]4[C@@H]5CC(=O)[C@H]6C[C@H](O)[C@H](O)C[C@]6(C)[C@H]5CC[C@]34C)N2C1. The van der Waals surface area contributed by atoms with E-state index in [4.69, 9.17) is 0 Å². The van der Waals surface area contributed by atoms with Crippen LogP contribution in [0.4, 0.5) is 0 Å². The van der Waals surface area contributed by atoms with Crippen molar-refractivity contribution < 1.29 is 15.0 Å². The predicted molar refractivity (Wildman–Crippen MR) is 120 cm³/mol. The lowest BCUT2D eigenvalue weighted by atomic mass is 9.44. The summed E-state index contributed by atoms with van der Waals surface area (Å²) >= 11 is 0. The maximum atomic E-state index is 13.4. The van der Waals surface area contributed by atoms with Crippen molar-refractivity contribution in [2.24, 2.45) is 52.3 Å². The van der Waals surface area contributed by atoms with Crippen LogP contribution in [0.2, 0.25) is 0 Å². The number of hydrogen-bond donors (Lipinski definition) is 2. The first-order valence-electron chi connectivity index (χ1n) is 13.3. The molecule has 0 amide bonds. The number of piperidine rings is 1. The smallest absolute Gasteiger partial charge is 0.136 e. The van der Waals surface area contributed by atoms with Crippen LogP contribution in [-0.4, -0.2) is 51.7 Å². The molecule has 0 radical (unpaired) electrons. The minimum absolute atomic E-state index is 0.0522. The number of fused-ring (bicyclic) bond motifs is 9. The number of carbonyl (C=O) groups excluding carboxylic acids is 1. The van der Waals surface area contributed by atoms with E-state index >= 15 is 0 Å². The monoisotopic (exact) mass is 429 g/mol. The van der Waals surface area contributed by atoms with Gasteiger partial charge >= 0.3 is 0 Å². The Morgan fingerprint density at radius 3 is 2.48 bits per heavy atom. The van der Waals surface area contributed by atoms with Crippen LogP contribution in [0.15, 0.2) is 0 Å². The summed E-state index contributed by atoms with van der Waals surface area (Å²) in [6.07, 6.45) is 6.95. The molecule has 4 saturated carbocycles. The Morgan fingerprint density at radius 2 is 1.71 bits per heavy atom. The van der Waals surface area contributed by atoms with Crippen LogP contribution in [0, 0.1) is 52.3 Å². The number of ketones is 1. The largest absolute Gasteiger partial charge is 0.390 e. The first-order valence-corrected chi connectivity index (χ1v) is 13.3. The molecule has 4 heteroatoms. The van der Waals surface area contributed by atoms with Crippen molar-refractivity contribution >= 4 is 5.78 Å². The second-order valence-corrected chi connectivity index (χ2v) is 13.4. The van der Waals surface area contributed by atoms with Crippen LogP contribution in [0.3, 0.4) is 0 Å². The molecule has 6 fully saturated rings. The Morgan fingerprint density at radius 1 is 0.935 bits per heavy atom. The fourth-order valence-corrected chi connectivity index (χ4v) is 10.8. The molecule has 0 aromatic heterocycles. The molecule has 4 nitrogen and oxygen atoms in total. The zero-order chi connectivity index (χ0) is 21.9. The van der Waals surface area contributed by atoms with Gasteiger partial charge in [-0.3, -0.25) is 9.69 Å². The number of hydrogen-bond acceptors (Lipinski definition) is 4. The summed E-state index contributed by atoms with van der Waals surface area (Å²) in [5.74, 6) is 4.36. The van der Waals surface area contributed by atoms with Gasteiger partial charge in [-0.1, -0.05) is 27.7 Å². The third kappa shape index (κ3) is 2.68. The summed E-state index contributed by atoms with van der Waals surface area (Å²) in [7, 11) is 0. The maximum absolute atomic E-state index is 13.4. The van der Waals surface area contributed by atoms with Gasteiger partial charge in [0.05, 0.1) is 12.2 Å². The number of aliphatic hydroxyl groups is 2. The van der Waals surface area contributed by atoms with E-state index in [2.05, 4.69) is 32.6 Å². The lowest BCUT2D eigenvalue weighted by molar-refractivity contribution is -0.173. The second kappa shape index (κ2) is 6.79. The van der Waals surface area contributed by atoms with Crippen LogP contribution in [-0.2, 0) is 4.79 Å². The van der Waals surface area contributed by atoms with Crippen molar-refractivity contribution in [2.75, 3.05) is 6.54 Å². The quantitative estimate of drug-likeness (QED) is 0.613. The van der Waals surface area contributed by atoms with Crippen LogP contribution >= 0.6 is 0 Å². The maximum Gasteiger partial charge on any atom is 0.136 e. The number of nitrogens with zero attached hydrogens (tertiary/aromatic N) is 1. The zero-order valence-corrected chi connectivity index (χ0v) is 20.0. The Balaban J connectivity index is 1.33. The molecule has 2 saturated heterocycles. The molecule has 4 aliphatic carbocycles. The Labute approximate surface area is 188 Å². The summed E-state index contributed by atoms with van der Waals surface area (Å²) in [4.78, 5) is 16.3. The van der Waals surface area contributed by atoms with Gasteiger partial charge in [-0.15, -0.1) is 0 Å². The van der Waals surface area contributed by atoms with Crippen LogP contribution in [0.25, 0.3) is 0 Å². The van der Waals surface area contributed by atoms with Crippen molar-refractivity contribution in [1.82, 2.24) is 4.90 Å². The third-order valence-corrected chi connectivity index (χ3v) is 12.1. The standard InChI is InChI=1S/C27H43NO3/c1-14-5-6-20-15(2)25-21(28(20)13-14)10-18-16-9-22(29)19-11-23(30)24(31)12-27(19,4)17(16)7-8-26(18,25)3/h14-21,23-25,30-31H,5-13H2,1-4H3/t14-,15+,16+,17-,18-,19+,20+,21-,23-,24+,25-,26-,27+/m0/s1. The van der Waals surface area contributed by atoms with Crippen molar-refractivity contribution in [3.63, 3.8) is 0 Å². The van der Waals surface area contributed by atoms with E-state index in [9.17, 15) is 15.0 Å². The summed E-state index contributed by atoms with van der Waals surface area (Å²) in [5.41, 5.74) is 0.230. The van der Waals surface area contributed by atoms with Gasteiger partial charge in [0.2, 0.25) is 0 Å². The number of rotatable bonds is 0. The Bertz CT molecular complexity index is 770. The number of carbonyl (C=O) groups is 1.